The quantitative estimate of drug-likeness (QED) is 0.433. The highest BCUT2D eigenvalue weighted by Crippen LogP contribution is 2.15. The molecule has 2 rings (SSSR count). The lowest BCUT2D eigenvalue weighted by Gasteiger charge is -2.06. The van der Waals surface area contributed by atoms with Gasteiger partial charge in [0.25, 0.3) is 5.91 Å². The molecular weight excluding hydrogens is 309 g/mol. The zero-order chi connectivity index (χ0) is 17.4. The van der Waals surface area contributed by atoms with Crippen molar-refractivity contribution in [2.45, 2.75) is 6.42 Å². The summed E-state index contributed by atoms with van der Waals surface area (Å²) in [7, 11) is 0. The summed E-state index contributed by atoms with van der Waals surface area (Å²) in [5.74, 6) is -0.841. The van der Waals surface area contributed by atoms with Crippen LogP contribution in [0.15, 0.2) is 60.3 Å². The molecule has 0 spiro atoms. The predicted octanol–water partition coefficient (Wildman–Crippen LogP) is 2.71. The van der Waals surface area contributed by atoms with Gasteiger partial charge < -0.3 is 15.7 Å². The first kappa shape index (κ1) is 17.0. The van der Waals surface area contributed by atoms with Crippen molar-refractivity contribution in [3.63, 3.8) is 0 Å². The van der Waals surface area contributed by atoms with E-state index in [1.807, 2.05) is 6.07 Å². The number of hydrogen-bond donors (Lipinski definition) is 3. The van der Waals surface area contributed by atoms with Gasteiger partial charge in [0.2, 0.25) is 0 Å². The first-order chi connectivity index (χ1) is 11.6. The molecule has 0 atom stereocenters. The van der Waals surface area contributed by atoms with Crippen molar-refractivity contribution in [1.29, 1.82) is 5.26 Å². The molecule has 0 aliphatic rings. The standard InChI is InChI=1S/C18H16FN3O2/c19-15-6-4-13(5-7-15)8-9-21-12-14(11-20)18(24)22-16-2-1-3-17(23)10-16/h1-7,10,12,21,23H,8-9H2,(H,22,24)/b14-12-. The van der Waals surface area contributed by atoms with E-state index in [0.717, 1.165) is 5.56 Å². The van der Waals surface area contributed by atoms with Crippen LogP contribution in [0.25, 0.3) is 0 Å². The van der Waals surface area contributed by atoms with Crippen LogP contribution >= 0.6 is 0 Å². The number of nitriles is 1. The number of amides is 1. The van der Waals surface area contributed by atoms with E-state index in [0.29, 0.717) is 18.7 Å². The maximum absolute atomic E-state index is 12.8. The van der Waals surface area contributed by atoms with E-state index in [2.05, 4.69) is 10.6 Å². The van der Waals surface area contributed by atoms with Gasteiger partial charge in [-0.3, -0.25) is 4.79 Å². The molecule has 1 amide bonds. The van der Waals surface area contributed by atoms with Crippen LogP contribution < -0.4 is 10.6 Å². The summed E-state index contributed by atoms with van der Waals surface area (Å²) in [4.78, 5) is 12.0. The fraction of sp³-hybridized carbons (Fsp3) is 0.111. The molecule has 0 heterocycles. The number of rotatable bonds is 6. The number of halogens is 1. The van der Waals surface area contributed by atoms with Crippen molar-refractivity contribution in [3.05, 3.63) is 71.7 Å². The third-order valence-electron chi connectivity index (χ3n) is 3.19. The van der Waals surface area contributed by atoms with Crippen LogP contribution in [-0.2, 0) is 11.2 Å². The van der Waals surface area contributed by atoms with Crippen LogP contribution in [0.5, 0.6) is 5.75 Å². The van der Waals surface area contributed by atoms with Crippen LogP contribution in [0.2, 0.25) is 0 Å². The van der Waals surface area contributed by atoms with Gasteiger partial charge in [0.15, 0.2) is 0 Å². The smallest absolute Gasteiger partial charge is 0.267 e. The third-order valence-corrected chi connectivity index (χ3v) is 3.19. The van der Waals surface area contributed by atoms with E-state index in [4.69, 9.17) is 5.26 Å². The average molecular weight is 325 g/mol. The van der Waals surface area contributed by atoms with Gasteiger partial charge in [0, 0.05) is 24.5 Å². The van der Waals surface area contributed by atoms with Crippen LogP contribution in [0.3, 0.4) is 0 Å². The lowest BCUT2D eigenvalue weighted by Crippen LogP contribution is -2.18. The van der Waals surface area contributed by atoms with Crippen molar-refractivity contribution in [2.75, 3.05) is 11.9 Å². The topological polar surface area (TPSA) is 85.2 Å². The largest absolute Gasteiger partial charge is 0.508 e. The van der Waals surface area contributed by atoms with Gasteiger partial charge in [0.05, 0.1) is 0 Å². The highest BCUT2D eigenvalue weighted by Gasteiger charge is 2.09. The number of phenolic OH excluding ortho intramolecular Hbond substituents is 1. The SMILES string of the molecule is N#C/C(=C/NCCc1ccc(F)cc1)C(=O)Nc1cccc(O)c1. The average Bonchev–Trinajstić information content (AvgIpc) is 2.56. The number of carbonyl (C=O) groups excluding carboxylic acids is 1. The Balaban J connectivity index is 1.87. The van der Waals surface area contributed by atoms with Gasteiger partial charge in [-0.2, -0.15) is 5.26 Å². The molecule has 2 aromatic rings. The number of hydrogen-bond acceptors (Lipinski definition) is 4. The molecule has 0 aliphatic heterocycles. The molecule has 0 radical (unpaired) electrons. The summed E-state index contributed by atoms with van der Waals surface area (Å²) in [6, 6.07) is 14.0. The minimum atomic E-state index is -0.572. The lowest BCUT2D eigenvalue weighted by atomic mass is 10.1. The van der Waals surface area contributed by atoms with Crippen LogP contribution in [0, 0.1) is 17.1 Å². The molecule has 3 N–H and O–H groups in total. The number of benzene rings is 2. The Morgan fingerprint density at radius 1 is 1.25 bits per heavy atom. The highest BCUT2D eigenvalue weighted by atomic mass is 19.1. The lowest BCUT2D eigenvalue weighted by molar-refractivity contribution is -0.112. The van der Waals surface area contributed by atoms with Gasteiger partial charge >= 0.3 is 0 Å². The maximum atomic E-state index is 12.8. The summed E-state index contributed by atoms with van der Waals surface area (Å²) in [5, 5.41) is 23.8. The maximum Gasteiger partial charge on any atom is 0.267 e. The Kier molecular flexibility index (Phi) is 5.92. The predicted molar refractivity (Wildman–Crippen MR) is 88.5 cm³/mol. The first-order valence-electron chi connectivity index (χ1n) is 7.27. The summed E-state index contributed by atoms with van der Waals surface area (Å²) < 4.78 is 12.8. The number of carbonyl (C=O) groups is 1. The molecule has 0 aromatic heterocycles. The van der Waals surface area contributed by atoms with Crippen LogP contribution in [0.1, 0.15) is 5.56 Å². The Labute approximate surface area is 139 Å². The molecule has 0 bridgehead atoms. The van der Waals surface area contributed by atoms with Gasteiger partial charge in [-0.25, -0.2) is 4.39 Å². The molecule has 24 heavy (non-hydrogen) atoms. The molecule has 0 saturated heterocycles. The van der Waals surface area contributed by atoms with E-state index < -0.39 is 5.91 Å². The zero-order valence-corrected chi connectivity index (χ0v) is 12.8. The molecule has 0 saturated carbocycles. The summed E-state index contributed by atoms with van der Waals surface area (Å²) in [6.07, 6.45) is 1.96. The van der Waals surface area contributed by atoms with Gasteiger partial charge in [0.1, 0.15) is 23.2 Å². The van der Waals surface area contributed by atoms with Crippen LogP contribution in [-0.4, -0.2) is 17.6 Å². The minimum absolute atomic E-state index is 0.0210. The van der Waals surface area contributed by atoms with Crippen LogP contribution in [0.4, 0.5) is 10.1 Å². The fourth-order valence-electron chi connectivity index (χ4n) is 1.97. The highest BCUT2D eigenvalue weighted by molar-refractivity contribution is 6.06. The Bertz CT molecular complexity index is 780. The van der Waals surface area contributed by atoms with Gasteiger partial charge in [-0.15, -0.1) is 0 Å². The van der Waals surface area contributed by atoms with Gasteiger partial charge in [-0.05, 0) is 36.2 Å². The Morgan fingerprint density at radius 3 is 2.67 bits per heavy atom. The summed E-state index contributed by atoms with van der Waals surface area (Å²) in [5.41, 5.74) is 1.25. The van der Waals surface area contributed by atoms with Crippen molar-refractivity contribution in [3.8, 4) is 11.8 Å². The van der Waals surface area contributed by atoms with E-state index in [1.54, 1.807) is 24.3 Å². The minimum Gasteiger partial charge on any atom is -0.508 e. The monoisotopic (exact) mass is 325 g/mol. The molecule has 5 nitrogen and oxygen atoms in total. The van der Waals surface area contributed by atoms with Crippen molar-refractivity contribution in [1.82, 2.24) is 5.32 Å². The zero-order valence-electron chi connectivity index (χ0n) is 12.8. The fourth-order valence-corrected chi connectivity index (χ4v) is 1.97. The number of nitrogens with one attached hydrogen (secondary N) is 2. The van der Waals surface area contributed by atoms with E-state index in [1.165, 1.54) is 30.5 Å². The van der Waals surface area contributed by atoms with E-state index >= 15 is 0 Å². The molecule has 0 aliphatic carbocycles. The van der Waals surface area contributed by atoms with E-state index in [-0.39, 0.29) is 17.1 Å². The second kappa shape index (κ2) is 8.34. The normalized spacial score (nSPS) is 10.8. The van der Waals surface area contributed by atoms with Crippen molar-refractivity contribution in [2.24, 2.45) is 0 Å². The van der Waals surface area contributed by atoms with Crippen molar-refractivity contribution >= 4 is 11.6 Å². The second-order valence-corrected chi connectivity index (χ2v) is 5.00. The number of phenols is 1. The molecule has 0 fully saturated rings. The van der Waals surface area contributed by atoms with Crippen molar-refractivity contribution < 1.29 is 14.3 Å². The molecule has 0 unspecified atom stereocenters. The Morgan fingerprint density at radius 2 is 2.00 bits per heavy atom. The number of anilines is 1. The van der Waals surface area contributed by atoms with E-state index in [9.17, 15) is 14.3 Å². The Hall–Kier alpha value is -3.33. The first-order valence-corrected chi connectivity index (χ1v) is 7.27. The molecular formula is C18H16FN3O2. The second-order valence-electron chi connectivity index (χ2n) is 5.00. The molecule has 122 valence electrons. The number of nitrogens with zero attached hydrogens (tertiary/aromatic N) is 1. The third kappa shape index (κ3) is 5.14. The number of aromatic hydroxyl groups is 1. The summed E-state index contributed by atoms with van der Waals surface area (Å²) in [6.45, 7) is 0.496. The molecule has 2 aromatic carbocycles. The molecule has 6 heteroatoms. The van der Waals surface area contributed by atoms with Gasteiger partial charge in [-0.1, -0.05) is 18.2 Å². The summed E-state index contributed by atoms with van der Waals surface area (Å²) >= 11 is 0.